The quantitative estimate of drug-likeness (QED) is 0.782. The van der Waals surface area contributed by atoms with Gasteiger partial charge in [-0.3, -0.25) is 0 Å². The first-order valence-corrected chi connectivity index (χ1v) is 8.12. The van der Waals surface area contributed by atoms with E-state index in [0.29, 0.717) is 22.7 Å². The third-order valence-corrected chi connectivity index (χ3v) is 4.74. The van der Waals surface area contributed by atoms with Crippen molar-refractivity contribution in [3.63, 3.8) is 0 Å². The first-order chi connectivity index (χ1) is 8.45. The van der Waals surface area contributed by atoms with Crippen LogP contribution in [0.1, 0.15) is 31.7 Å². The van der Waals surface area contributed by atoms with E-state index in [9.17, 15) is 8.42 Å². The third kappa shape index (κ3) is 4.74. The highest BCUT2D eigenvalue weighted by molar-refractivity contribution is 7.91. The largest absolute Gasteiger partial charge is 0.393 e. The summed E-state index contributed by atoms with van der Waals surface area (Å²) in [5.74, 6) is 0.198. The predicted molar refractivity (Wildman–Crippen MR) is 78.5 cm³/mol. The van der Waals surface area contributed by atoms with Crippen molar-refractivity contribution in [1.29, 1.82) is 0 Å². The van der Waals surface area contributed by atoms with Gasteiger partial charge in [-0.15, -0.1) is 0 Å². The lowest BCUT2D eigenvalue weighted by atomic mass is 10.1. The van der Waals surface area contributed by atoms with Crippen molar-refractivity contribution < 1.29 is 8.42 Å². The number of benzene rings is 1. The van der Waals surface area contributed by atoms with Crippen molar-refractivity contribution in [3.05, 3.63) is 29.8 Å². The zero-order chi connectivity index (χ0) is 13.6. The normalized spacial score (nSPS) is 11.4. The molecule has 5 heteroatoms. The van der Waals surface area contributed by atoms with Crippen molar-refractivity contribution in [3.8, 4) is 0 Å². The Bertz CT molecular complexity index is 509. The van der Waals surface area contributed by atoms with Gasteiger partial charge in [0.25, 0.3) is 0 Å². The molecular formula is C13H19NO2S2. The van der Waals surface area contributed by atoms with Gasteiger partial charge in [0, 0.05) is 0 Å². The second-order valence-corrected chi connectivity index (χ2v) is 6.92. The topological polar surface area (TPSA) is 60.2 Å². The molecule has 100 valence electrons. The second-order valence-electron chi connectivity index (χ2n) is 4.29. The third-order valence-electron chi connectivity index (χ3n) is 2.62. The van der Waals surface area contributed by atoms with Gasteiger partial charge < -0.3 is 5.73 Å². The molecule has 0 radical (unpaired) electrons. The second kappa shape index (κ2) is 6.85. The fraction of sp³-hybridized carbons (Fsp3) is 0.462. The molecule has 1 aromatic carbocycles. The summed E-state index contributed by atoms with van der Waals surface area (Å²) in [6.07, 6.45) is 2.98. The Morgan fingerprint density at radius 2 is 2.11 bits per heavy atom. The van der Waals surface area contributed by atoms with Crippen molar-refractivity contribution in [2.75, 3.05) is 5.75 Å². The maximum Gasteiger partial charge on any atom is 0.178 e. The van der Waals surface area contributed by atoms with Gasteiger partial charge in [-0.2, -0.15) is 0 Å². The first-order valence-electron chi connectivity index (χ1n) is 6.05. The van der Waals surface area contributed by atoms with Gasteiger partial charge in [0.2, 0.25) is 0 Å². The Labute approximate surface area is 114 Å². The number of rotatable bonds is 7. The minimum Gasteiger partial charge on any atom is -0.393 e. The molecule has 0 saturated heterocycles. The van der Waals surface area contributed by atoms with Crippen LogP contribution < -0.4 is 5.73 Å². The summed E-state index contributed by atoms with van der Waals surface area (Å²) in [5, 5.41) is 0. The highest BCUT2D eigenvalue weighted by atomic mass is 32.2. The molecule has 0 amide bonds. The Morgan fingerprint density at radius 3 is 2.72 bits per heavy atom. The van der Waals surface area contributed by atoms with Gasteiger partial charge >= 0.3 is 0 Å². The summed E-state index contributed by atoms with van der Waals surface area (Å²) in [5.41, 5.74) is 6.45. The van der Waals surface area contributed by atoms with E-state index in [-0.39, 0.29) is 5.75 Å². The SMILES string of the molecule is CCCS(=O)(=O)c1cccc(CCCC(N)=S)c1. The highest BCUT2D eigenvalue weighted by Gasteiger charge is 2.13. The molecular weight excluding hydrogens is 266 g/mol. The van der Waals surface area contributed by atoms with Crippen molar-refractivity contribution >= 4 is 27.0 Å². The number of nitrogens with two attached hydrogens (primary N) is 1. The fourth-order valence-corrected chi connectivity index (χ4v) is 3.28. The number of aryl methyl sites for hydroxylation is 1. The molecule has 0 aliphatic rings. The van der Waals surface area contributed by atoms with Crippen LogP contribution in [0.2, 0.25) is 0 Å². The Kier molecular flexibility index (Phi) is 5.75. The van der Waals surface area contributed by atoms with E-state index in [1.165, 1.54) is 0 Å². The number of thiocarbonyl (C=S) groups is 1. The van der Waals surface area contributed by atoms with E-state index in [4.69, 9.17) is 18.0 Å². The van der Waals surface area contributed by atoms with Gasteiger partial charge in [-0.25, -0.2) is 8.42 Å². The first kappa shape index (κ1) is 15.1. The van der Waals surface area contributed by atoms with Crippen molar-refractivity contribution in [2.45, 2.75) is 37.5 Å². The molecule has 0 unspecified atom stereocenters. The van der Waals surface area contributed by atoms with Crippen LogP contribution in [0, 0.1) is 0 Å². The molecule has 1 rings (SSSR count). The Hall–Kier alpha value is -0.940. The highest BCUT2D eigenvalue weighted by Crippen LogP contribution is 2.15. The molecule has 0 aromatic heterocycles. The summed E-state index contributed by atoms with van der Waals surface area (Å²) in [7, 11) is -3.12. The minimum atomic E-state index is -3.12. The average molecular weight is 285 g/mol. The Morgan fingerprint density at radius 1 is 1.39 bits per heavy atom. The molecule has 1 aromatic rings. The number of hydrogen-bond donors (Lipinski definition) is 1. The Balaban J connectivity index is 2.76. The van der Waals surface area contributed by atoms with Crippen LogP contribution in [0.15, 0.2) is 29.2 Å². The molecule has 0 heterocycles. The monoisotopic (exact) mass is 285 g/mol. The van der Waals surface area contributed by atoms with E-state index in [0.717, 1.165) is 18.4 Å². The van der Waals surface area contributed by atoms with Gasteiger partial charge in [-0.1, -0.05) is 31.3 Å². The zero-order valence-electron chi connectivity index (χ0n) is 10.6. The van der Waals surface area contributed by atoms with E-state index >= 15 is 0 Å². The molecule has 2 N–H and O–H groups in total. The van der Waals surface area contributed by atoms with Crippen molar-refractivity contribution in [1.82, 2.24) is 0 Å². The summed E-state index contributed by atoms with van der Waals surface area (Å²) >= 11 is 4.81. The molecule has 0 aliphatic carbocycles. The van der Waals surface area contributed by atoms with Crippen LogP contribution in [-0.4, -0.2) is 19.2 Å². The van der Waals surface area contributed by atoms with Crippen molar-refractivity contribution in [2.24, 2.45) is 5.73 Å². The minimum absolute atomic E-state index is 0.198. The summed E-state index contributed by atoms with van der Waals surface area (Å²) in [6.45, 7) is 1.86. The molecule has 3 nitrogen and oxygen atoms in total. The summed E-state index contributed by atoms with van der Waals surface area (Å²) in [4.78, 5) is 0.918. The lowest BCUT2D eigenvalue weighted by Gasteiger charge is -2.06. The molecule has 0 spiro atoms. The fourth-order valence-electron chi connectivity index (χ4n) is 1.75. The van der Waals surface area contributed by atoms with Gasteiger partial charge in [0.15, 0.2) is 9.84 Å². The lowest BCUT2D eigenvalue weighted by Crippen LogP contribution is -2.08. The molecule has 0 fully saturated rings. The van der Waals surface area contributed by atoms with E-state index in [1.807, 2.05) is 13.0 Å². The average Bonchev–Trinajstić information content (AvgIpc) is 2.29. The maximum atomic E-state index is 11.9. The standard InChI is InChI=1S/C13H19NO2S2/c1-2-9-18(15,16)12-7-3-5-11(10-12)6-4-8-13(14)17/h3,5,7,10H,2,4,6,8-9H2,1H3,(H2,14,17). The summed E-state index contributed by atoms with van der Waals surface area (Å²) in [6, 6.07) is 7.13. The molecule has 18 heavy (non-hydrogen) atoms. The van der Waals surface area contributed by atoms with Gasteiger partial charge in [0.05, 0.1) is 15.6 Å². The van der Waals surface area contributed by atoms with Gasteiger partial charge in [-0.05, 0) is 43.4 Å². The number of hydrogen-bond acceptors (Lipinski definition) is 3. The number of sulfone groups is 1. The lowest BCUT2D eigenvalue weighted by molar-refractivity contribution is 0.594. The zero-order valence-corrected chi connectivity index (χ0v) is 12.2. The smallest absolute Gasteiger partial charge is 0.178 e. The molecule has 0 bridgehead atoms. The van der Waals surface area contributed by atoms with Crippen LogP contribution in [0.3, 0.4) is 0 Å². The molecule has 0 aliphatic heterocycles. The molecule has 0 saturated carbocycles. The van der Waals surface area contributed by atoms with Crippen LogP contribution >= 0.6 is 12.2 Å². The van der Waals surface area contributed by atoms with Crippen LogP contribution in [-0.2, 0) is 16.3 Å². The van der Waals surface area contributed by atoms with E-state index < -0.39 is 9.84 Å². The summed E-state index contributed by atoms with van der Waals surface area (Å²) < 4.78 is 23.9. The van der Waals surface area contributed by atoms with Crippen LogP contribution in [0.25, 0.3) is 0 Å². The predicted octanol–water partition coefficient (Wildman–Crippen LogP) is 2.48. The molecule has 0 atom stereocenters. The van der Waals surface area contributed by atoms with E-state index in [2.05, 4.69) is 0 Å². The maximum absolute atomic E-state index is 11.9. The van der Waals surface area contributed by atoms with Crippen LogP contribution in [0.4, 0.5) is 0 Å². The van der Waals surface area contributed by atoms with Crippen LogP contribution in [0.5, 0.6) is 0 Å². The van der Waals surface area contributed by atoms with E-state index in [1.54, 1.807) is 18.2 Å². The van der Waals surface area contributed by atoms with Gasteiger partial charge in [0.1, 0.15) is 0 Å².